The van der Waals surface area contributed by atoms with Gasteiger partial charge in [-0.2, -0.15) is 13.2 Å². The Morgan fingerprint density at radius 3 is 2.23 bits per heavy atom. The smallest absolute Gasteiger partial charge is 0.345 e. The van der Waals surface area contributed by atoms with Crippen LogP contribution in [-0.2, 0) is 0 Å². The molecular weight excluding hydrogens is 315 g/mol. The van der Waals surface area contributed by atoms with Crippen molar-refractivity contribution in [1.82, 2.24) is 5.32 Å². The van der Waals surface area contributed by atoms with Gasteiger partial charge in [0.05, 0.1) is 15.8 Å². The summed E-state index contributed by atoms with van der Waals surface area (Å²) in [5.41, 5.74) is 0.874. The Morgan fingerprint density at radius 2 is 1.64 bits per heavy atom. The lowest BCUT2D eigenvalue weighted by atomic mass is 10.1. The van der Waals surface area contributed by atoms with Crippen LogP contribution in [0.3, 0.4) is 0 Å². The number of hydrogen-bond donors (Lipinski definition) is 1. The Bertz CT molecular complexity index is 680. The zero-order chi connectivity index (χ0) is 16.3. The van der Waals surface area contributed by atoms with Gasteiger partial charge in [-0.25, -0.2) is 0 Å². The van der Waals surface area contributed by atoms with Gasteiger partial charge >= 0.3 is 6.18 Å². The van der Waals surface area contributed by atoms with E-state index in [0.717, 1.165) is 11.6 Å². The number of ketones is 1. The van der Waals surface area contributed by atoms with Crippen molar-refractivity contribution in [3.63, 3.8) is 0 Å². The van der Waals surface area contributed by atoms with Crippen molar-refractivity contribution in [3.8, 4) is 0 Å². The highest BCUT2D eigenvalue weighted by Crippen LogP contribution is 2.26. The van der Waals surface area contributed by atoms with Crippen molar-refractivity contribution in [2.24, 2.45) is 0 Å². The van der Waals surface area contributed by atoms with Gasteiger partial charge in [-0.15, -0.1) is 11.3 Å². The van der Waals surface area contributed by atoms with Crippen molar-refractivity contribution in [2.75, 3.05) is 0 Å². The lowest BCUT2D eigenvalue weighted by Gasteiger charge is -2.13. The van der Waals surface area contributed by atoms with Gasteiger partial charge < -0.3 is 5.32 Å². The van der Waals surface area contributed by atoms with Gasteiger partial charge in [0, 0.05) is 0 Å². The van der Waals surface area contributed by atoms with Gasteiger partial charge in [0.2, 0.25) is 0 Å². The molecule has 7 heteroatoms. The van der Waals surface area contributed by atoms with Crippen molar-refractivity contribution in [1.29, 1.82) is 0 Å². The van der Waals surface area contributed by atoms with E-state index in [1.165, 1.54) is 6.07 Å². The molecule has 116 valence electrons. The second-order valence-corrected chi connectivity index (χ2v) is 5.68. The van der Waals surface area contributed by atoms with E-state index in [9.17, 15) is 22.8 Å². The van der Waals surface area contributed by atoms with E-state index in [1.807, 2.05) is 30.3 Å². The Labute approximate surface area is 128 Å². The maximum Gasteiger partial charge on any atom is 0.455 e. The number of alkyl halides is 3. The molecule has 22 heavy (non-hydrogen) atoms. The Hall–Kier alpha value is -2.15. The molecule has 2 rings (SSSR count). The largest absolute Gasteiger partial charge is 0.455 e. The topological polar surface area (TPSA) is 46.2 Å². The summed E-state index contributed by atoms with van der Waals surface area (Å²) in [6, 6.07) is 11.1. The molecule has 1 amide bonds. The fourth-order valence-corrected chi connectivity index (χ4v) is 2.68. The fourth-order valence-electron chi connectivity index (χ4n) is 1.81. The van der Waals surface area contributed by atoms with Crippen LogP contribution >= 0.6 is 11.3 Å². The number of benzene rings is 1. The molecule has 1 aromatic carbocycles. The molecular formula is C15H12F3NO2S. The summed E-state index contributed by atoms with van der Waals surface area (Å²) in [6.07, 6.45) is -4.93. The van der Waals surface area contributed by atoms with Crippen LogP contribution in [0.15, 0.2) is 42.5 Å². The highest BCUT2D eigenvalue weighted by Gasteiger charge is 2.40. The van der Waals surface area contributed by atoms with E-state index in [2.05, 4.69) is 5.32 Å². The highest BCUT2D eigenvalue weighted by molar-refractivity contribution is 7.16. The summed E-state index contributed by atoms with van der Waals surface area (Å²) in [4.78, 5) is 22.7. The number of carbonyl (C=O) groups excluding carboxylic acids is 2. The molecule has 2 aromatic rings. The van der Waals surface area contributed by atoms with Gasteiger partial charge in [-0.1, -0.05) is 30.3 Å². The van der Waals surface area contributed by atoms with Crippen molar-refractivity contribution in [2.45, 2.75) is 19.1 Å². The summed E-state index contributed by atoms with van der Waals surface area (Å²) >= 11 is 0.532. The van der Waals surface area contributed by atoms with Gasteiger partial charge in [0.1, 0.15) is 0 Å². The molecule has 1 heterocycles. The summed E-state index contributed by atoms with van der Waals surface area (Å²) < 4.78 is 37.0. The zero-order valence-electron chi connectivity index (χ0n) is 11.5. The van der Waals surface area contributed by atoms with Crippen LogP contribution in [0, 0.1) is 0 Å². The molecule has 0 spiro atoms. The van der Waals surface area contributed by atoms with E-state index >= 15 is 0 Å². The monoisotopic (exact) mass is 327 g/mol. The summed E-state index contributed by atoms with van der Waals surface area (Å²) in [6.45, 7) is 1.77. The quantitative estimate of drug-likeness (QED) is 0.863. The molecule has 0 saturated carbocycles. The van der Waals surface area contributed by atoms with E-state index in [-0.39, 0.29) is 10.9 Å². The zero-order valence-corrected chi connectivity index (χ0v) is 12.3. The molecule has 1 N–H and O–H groups in total. The Morgan fingerprint density at radius 1 is 1.05 bits per heavy atom. The van der Waals surface area contributed by atoms with Crippen LogP contribution in [0.2, 0.25) is 0 Å². The number of hydrogen-bond acceptors (Lipinski definition) is 3. The van der Waals surface area contributed by atoms with Gasteiger partial charge in [-0.3, -0.25) is 9.59 Å². The van der Waals surface area contributed by atoms with E-state index in [0.29, 0.717) is 11.3 Å². The Balaban J connectivity index is 2.08. The molecule has 0 aliphatic rings. The molecule has 0 aliphatic heterocycles. The normalized spacial score (nSPS) is 12.7. The number of Topliss-reactive ketones (excluding diaryl/α,β-unsaturated/α-hetero) is 1. The summed E-state index contributed by atoms with van der Waals surface area (Å²) in [7, 11) is 0. The number of carbonyl (C=O) groups is 2. The third-order valence-corrected chi connectivity index (χ3v) is 4.04. The second kappa shape index (κ2) is 6.31. The average molecular weight is 327 g/mol. The SMILES string of the molecule is CC(NC(=O)c1ccc(C(=O)C(F)(F)F)s1)c1ccccc1. The van der Waals surface area contributed by atoms with Crippen LogP contribution < -0.4 is 5.32 Å². The Kier molecular flexibility index (Phi) is 4.65. The first kappa shape index (κ1) is 16.2. The molecule has 1 unspecified atom stereocenters. The number of rotatable bonds is 4. The second-order valence-electron chi connectivity index (χ2n) is 4.60. The van der Waals surface area contributed by atoms with Crippen molar-refractivity contribution < 1.29 is 22.8 Å². The van der Waals surface area contributed by atoms with Crippen molar-refractivity contribution in [3.05, 3.63) is 57.8 Å². The number of amides is 1. The molecule has 1 atom stereocenters. The van der Waals surface area contributed by atoms with Crippen LogP contribution in [0.25, 0.3) is 0 Å². The first-order valence-electron chi connectivity index (χ1n) is 6.36. The fraction of sp³-hybridized carbons (Fsp3) is 0.200. The molecule has 3 nitrogen and oxygen atoms in total. The molecule has 0 fully saturated rings. The number of nitrogens with one attached hydrogen (secondary N) is 1. The van der Waals surface area contributed by atoms with E-state index < -0.39 is 22.7 Å². The summed E-state index contributed by atoms with van der Waals surface area (Å²) in [5.74, 6) is -2.45. The first-order chi connectivity index (χ1) is 10.3. The van der Waals surface area contributed by atoms with Gasteiger partial charge in [-0.05, 0) is 24.6 Å². The standard InChI is InChI=1S/C15H12F3NO2S/c1-9(10-5-3-2-4-6-10)19-14(21)12-8-7-11(22-12)13(20)15(16,17)18/h2-9H,1H3,(H,19,21). The molecule has 0 aliphatic carbocycles. The van der Waals surface area contributed by atoms with E-state index in [4.69, 9.17) is 0 Å². The number of thiophene rings is 1. The molecule has 0 bridgehead atoms. The van der Waals surface area contributed by atoms with Gasteiger partial charge in [0.15, 0.2) is 0 Å². The van der Waals surface area contributed by atoms with Crippen LogP contribution in [0.1, 0.15) is 37.9 Å². The number of halogens is 3. The van der Waals surface area contributed by atoms with Crippen LogP contribution in [-0.4, -0.2) is 17.9 Å². The third-order valence-electron chi connectivity index (χ3n) is 2.96. The first-order valence-corrected chi connectivity index (χ1v) is 7.18. The van der Waals surface area contributed by atoms with Crippen LogP contribution in [0.5, 0.6) is 0 Å². The van der Waals surface area contributed by atoms with Crippen LogP contribution in [0.4, 0.5) is 13.2 Å². The highest BCUT2D eigenvalue weighted by atomic mass is 32.1. The minimum Gasteiger partial charge on any atom is -0.345 e. The van der Waals surface area contributed by atoms with E-state index in [1.54, 1.807) is 6.92 Å². The maximum atomic E-state index is 12.3. The lowest BCUT2D eigenvalue weighted by Crippen LogP contribution is -2.25. The predicted molar refractivity (Wildman–Crippen MR) is 77.0 cm³/mol. The van der Waals surface area contributed by atoms with Gasteiger partial charge in [0.25, 0.3) is 11.7 Å². The average Bonchev–Trinajstić information content (AvgIpc) is 2.96. The minimum absolute atomic E-state index is 0.0652. The lowest BCUT2D eigenvalue weighted by molar-refractivity contribution is -0.0882. The molecule has 0 saturated heterocycles. The predicted octanol–water partition coefficient (Wildman–Crippen LogP) is 3.98. The minimum atomic E-state index is -4.93. The van der Waals surface area contributed by atoms with Crippen molar-refractivity contribution >= 4 is 23.0 Å². The third kappa shape index (κ3) is 3.73. The maximum absolute atomic E-state index is 12.3. The molecule has 1 aromatic heterocycles. The summed E-state index contributed by atoms with van der Waals surface area (Å²) in [5, 5.41) is 2.68. The molecule has 0 radical (unpaired) electrons.